The van der Waals surface area contributed by atoms with Crippen molar-refractivity contribution < 1.29 is 14.3 Å². The Bertz CT molecular complexity index is 839. The van der Waals surface area contributed by atoms with Gasteiger partial charge >= 0.3 is 5.97 Å². The number of nitrogens with one attached hydrogen (secondary N) is 1. The summed E-state index contributed by atoms with van der Waals surface area (Å²) in [5.74, 6) is 5.41. The third-order valence-corrected chi connectivity index (χ3v) is 3.21. The second-order valence-corrected chi connectivity index (χ2v) is 5.10. The normalized spacial score (nSPS) is 9.42. The van der Waals surface area contributed by atoms with E-state index in [0.29, 0.717) is 22.4 Å². The van der Waals surface area contributed by atoms with Gasteiger partial charge in [-0.05, 0) is 43.3 Å². The largest absolute Gasteiger partial charge is 0.465 e. The Morgan fingerprint density at radius 2 is 1.71 bits per heavy atom. The topological polar surface area (TPSA) is 55.4 Å². The third kappa shape index (κ3) is 4.34. The number of carbonyl (C=O) groups is 2. The summed E-state index contributed by atoms with van der Waals surface area (Å²) < 4.78 is 4.66. The summed E-state index contributed by atoms with van der Waals surface area (Å²) in [5, 5.41) is 2.78. The van der Waals surface area contributed by atoms with E-state index in [0.717, 1.165) is 5.56 Å². The number of para-hydroxylation sites is 1. The van der Waals surface area contributed by atoms with Crippen molar-refractivity contribution >= 4 is 17.6 Å². The molecule has 0 aliphatic heterocycles. The first-order chi connectivity index (χ1) is 11.5. The van der Waals surface area contributed by atoms with Gasteiger partial charge in [-0.25, -0.2) is 4.79 Å². The highest BCUT2D eigenvalue weighted by Gasteiger charge is 2.06. The van der Waals surface area contributed by atoms with Gasteiger partial charge in [0, 0.05) is 16.7 Å². The lowest BCUT2D eigenvalue weighted by Gasteiger charge is -2.06. The van der Waals surface area contributed by atoms with Gasteiger partial charge in [-0.3, -0.25) is 4.79 Å². The number of methoxy groups -OCH3 is 1. The molecule has 4 nitrogen and oxygen atoms in total. The first kappa shape index (κ1) is 17.0. The molecule has 0 atom stereocenters. The highest BCUT2D eigenvalue weighted by Crippen LogP contribution is 2.15. The maximum atomic E-state index is 11.8. The second kappa shape index (κ2) is 7.80. The standard InChI is InChI=1S/C20H17NO3/c1-14(2)19(22)21-18-7-5-4-6-16(18)11-8-15-9-12-17(13-10-15)20(23)24-3/h4-7,9-10,12-13H,1H2,2-3H3,(H,21,22). The van der Waals surface area contributed by atoms with Crippen LogP contribution in [0.15, 0.2) is 60.7 Å². The van der Waals surface area contributed by atoms with Crippen molar-refractivity contribution in [2.45, 2.75) is 6.92 Å². The molecule has 2 aromatic rings. The molecule has 0 bridgehead atoms. The van der Waals surface area contributed by atoms with E-state index in [-0.39, 0.29) is 11.9 Å². The molecular weight excluding hydrogens is 302 g/mol. The highest BCUT2D eigenvalue weighted by atomic mass is 16.5. The van der Waals surface area contributed by atoms with E-state index in [1.165, 1.54) is 7.11 Å². The molecule has 0 radical (unpaired) electrons. The Labute approximate surface area is 141 Å². The van der Waals surface area contributed by atoms with E-state index in [4.69, 9.17) is 0 Å². The molecule has 0 spiro atoms. The van der Waals surface area contributed by atoms with Crippen LogP contribution in [0.5, 0.6) is 0 Å². The Balaban J connectivity index is 2.23. The number of hydrogen-bond acceptors (Lipinski definition) is 3. The molecular formula is C20H17NO3. The molecule has 1 amide bonds. The zero-order valence-corrected chi connectivity index (χ0v) is 13.6. The van der Waals surface area contributed by atoms with Crippen LogP contribution in [-0.2, 0) is 9.53 Å². The molecule has 0 aliphatic carbocycles. The summed E-state index contributed by atoms with van der Waals surface area (Å²) in [4.78, 5) is 23.2. The number of ether oxygens (including phenoxy) is 1. The first-order valence-electron chi connectivity index (χ1n) is 7.27. The number of anilines is 1. The molecule has 0 aliphatic rings. The SMILES string of the molecule is C=C(C)C(=O)Nc1ccccc1C#Cc1ccc(C(=O)OC)cc1. The minimum absolute atomic E-state index is 0.244. The molecule has 0 saturated carbocycles. The third-order valence-electron chi connectivity index (χ3n) is 3.21. The van der Waals surface area contributed by atoms with Crippen molar-refractivity contribution in [3.05, 3.63) is 77.4 Å². The molecule has 0 aromatic heterocycles. The van der Waals surface area contributed by atoms with E-state index >= 15 is 0 Å². The van der Waals surface area contributed by atoms with Gasteiger partial charge in [-0.15, -0.1) is 0 Å². The van der Waals surface area contributed by atoms with Crippen LogP contribution in [0, 0.1) is 11.8 Å². The van der Waals surface area contributed by atoms with Crippen molar-refractivity contribution in [2.24, 2.45) is 0 Å². The average molecular weight is 319 g/mol. The summed E-state index contributed by atoms with van der Waals surface area (Å²) in [6, 6.07) is 14.1. The summed E-state index contributed by atoms with van der Waals surface area (Å²) >= 11 is 0. The van der Waals surface area contributed by atoms with Crippen LogP contribution in [0.2, 0.25) is 0 Å². The summed E-state index contributed by atoms with van der Waals surface area (Å²) in [7, 11) is 1.34. The molecule has 0 saturated heterocycles. The van der Waals surface area contributed by atoms with Gasteiger partial charge in [0.1, 0.15) is 0 Å². The number of esters is 1. The van der Waals surface area contributed by atoms with Crippen molar-refractivity contribution in [1.29, 1.82) is 0 Å². The lowest BCUT2D eigenvalue weighted by Crippen LogP contribution is -2.12. The second-order valence-electron chi connectivity index (χ2n) is 5.10. The van der Waals surface area contributed by atoms with Gasteiger partial charge in [-0.2, -0.15) is 0 Å². The van der Waals surface area contributed by atoms with Gasteiger partial charge in [-0.1, -0.05) is 30.6 Å². The minimum Gasteiger partial charge on any atom is -0.465 e. The Kier molecular flexibility index (Phi) is 5.54. The number of benzene rings is 2. The minimum atomic E-state index is -0.387. The number of carbonyl (C=O) groups excluding carboxylic acids is 2. The quantitative estimate of drug-likeness (QED) is 0.536. The van der Waals surface area contributed by atoms with Gasteiger partial charge in [0.2, 0.25) is 0 Å². The monoisotopic (exact) mass is 319 g/mol. The van der Waals surface area contributed by atoms with Crippen LogP contribution in [0.25, 0.3) is 0 Å². The van der Waals surface area contributed by atoms with E-state index in [1.54, 1.807) is 37.3 Å². The highest BCUT2D eigenvalue weighted by molar-refractivity contribution is 6.03. The molecule has 0 fully saturated rings. The number of rotatable bonds is 3. The van der Waals surface area contributed by atoms with Gasteiger partial charge < -0.3 is 10.1 Å². The molecule has 1 N–H and O–H groups in total. The predicted molar refractivity (Wildman–Crippen MR) is 93.6 cm³/mol. The number of hydrogen-bond donors (Lipinski definition) is 1. The van der Waals surface area contributed by atoms with Gasteiger partial charge in [0.15, 0.2) is 0 Å². The van der Waals surface area contributed by atoms with Crippen molar-refractivity contribution in [3.8, 4) is 11.8 Å². The number of amides is 1. The van der Waals surface area contributed by atoms with Crippen LogP contribution in [0.3, 0.4) is 0 Å². The Morgan fingerprint density at radius 1 is 1.04 bits per heavy atom. The lowest BCUT2D eigenvalue weighted by atomic mass is 10.1. The molecule has 0 unspecified atom stereocenters. The molecule has 2 rings (SSSR count). The smallest absolute Gasteiger partial charge is 0.337 e. The molecule has 120 valence electrons. The van der Waals surface area contributed by atoms with E-state index in [9.17, 15) is 9.59 Å². The summed E-state index contributed by atoms with van der Waals surface area (Å²) in [6.07, 6.45) is 0. The Morgan fingerprint density at radius 3 is 2.33 bits per heavy atom. The van der Waals surface area contributed by atoms with Crippen molar-refractivity contribution in [2.75, 3.05) is 12.4 Å². The lowest BCUT2D eigenvalue weighted by molar-refractivity contribution is -0.112. The van der Waals surface area contributed by atoms with Crippen LogP contribution < -0.4 is 5.32 Å². The zero-order chi connectivity index (χ0) is 17.5. The van der Waals surface area contributed by atoms with Crippen LogP contribution in [0.1, 0.15) is 28.4 Å². The van der Waals surface area contributed by atoms with Gasteiger partial charge in [0.25, 0.3) is 5.91 Å². The van der Waals surface area contributed by atoms with Crippen molar-refractivity contribution in [3.63, 3.8) is 0 Å². The maximum absolute atomic E-state index is 11.8. The average Bonchev–Trinajstić information content (AvgIpc) is 2.60. The predicted octanol–water partition coefficient (Wildman–Crippen LogP) is 3.39. The van der Waals surface area contributed by atoms with Crippen LogP contribution in [-0.4, -0.2) is 19.0 Å². The van der Waals surface area contributed by atoms with Gasteiger partial charge in [0.05, 0.1) is 18.4 Å². The first-order valence-corrected chi connectivity index (χ1v) is 7.27. The van der Waals surface area contributed by atoms with Crippen LogP contribution >= 0.6 is 0 Å². The molecule has 0 heterocycles. The summed E-state index contributed by atoms with van der Waals surface area (Å²) in [6.45, 7) is 5.26. The molecule has 4 heteroatoms. The summed E-state index contributed by atoms with van der Waals surface area (Å²) in [5.41, 5.74) is 2.98. The molecule has 24 heavy (non-hydrogen) atoms. The Hall–Kier alpha value is -3.32. The maximum Gasteiger partial charge on any atom is 0.337 e. The van der Waals surface area contributed by atoms with E-state index in [1.807, 2.05) is 18.2 Å². The fourth-order valence-corrected chi connectivity index (χ4v) is 1.88. The molecule has 2 aromatic carbocycles. The van der Waals surface area contributed by atoms with E-state index < -0.39 is 0 Å². The fourth-order valence-electron chi connectivity index (χ4n) is 1.88. The van der Waals surface area contributed by atoms with E-state index in [2.05, 4.69) is 28.5 Å². The zero-order valence-electron chi connectivity index (χ0n) is 13.6. The fraction of sp³-hybridized carbons (Fsp3) is 0.100. The van der Waals surface area contributed by atoms with Crippen molar-refractivity contribution in [1.82, 2.24) is 0 Å². The van der Waals surface area contributed by atoms with Crippen LogP contribution in [0.4, 0.5) is 5.69 Å².